The van der Waals surface area contributed by atoms with Crippen LogP contribution in [0.5, 0.6) is 0 Å². The molecule has 0 radical (unpaired) electrons. The van der Waals surface area contributed by atoms with E-state index < -0.39 is 21.9 Å². The second-order valence-corrected chi connectivity index (χ2v) is 10.1. The van der Waals surface area contributed by atoms with Gasteiger partial charge in [-0.2, -0.15) is 4.31 Å². The predicted molar refractivity (Wildman–Crippen MR) is 116 cm³/mol. The summed E-state index contributed by atoms with van der Waals surface area (Å²) in [5.41, 5.74) is 2.24. The van der Waals surface area contributed by atoms with Gasteiger partial charge in [0.05, 0.1) is 4.90 Å². The van der Waals surface area contributed by atoms with E-state index in [9.17, 15) is 17.6 Å². The topological polar surface area (TPSA) is 69.7 Å². The average molecular weight is 446 g/mol. The second kappa shape index (κ2) is 9.46. The van der Waals surface area contributed by atoms with E-state index in [2.05, 4.69) is 16.3 Å². The fraction of sp³-hybridized carbons (Fsp3) is 0.435. The second-order valence-electron chi connectivity index (χ2n) is 8.20. The van der Waals surface area contributed by atoms with Crippen LogP contribution in [0.15, 0.2) is 53.4 Å². The zero-order chi connectivity index (χ0) is 21.8. The first kappa shape index (κ1) is 21.9. The van der Waals surface area contributed by atoms with Gasteiger partial charge in [0.15, 0.2) is 0 Å². The molecule has 2 fully saturated rings. The highest BCUT2D eigenvalue weighted by molar-refractivity contribution is 7.89. The summed E-state index contributed by atoms with van der Waals surface area (Å²) in [5, 5.41) is 2.95. The Morgan fingerprint density at radius 3 is 2.35 bits per heavy atom. The molecule has 31 heavy (non-hydrogen) atoms. The van der Waals surface area contributed by atoms with E-state index in [4.69, 9.17) is 0 Å². The number of carbonyl (C=O) groups is 1. The Morgan fingerprint density at radius 1 is 0.968 bits per heavy atom. The van der Waals surface area contributed by atoms with Crippen molar-refractivity contribution in [2.75, 3.05) is 19.6 Å². The maximum Gasteiger partial charge on any atom is 0.243 e. The minimum atomic E-state index is -3.86. The third-order valence-electron chi connectivity index (χ3n) is 6.09. The van der Waals surface area contributed by atoms with Gasteiger partial charge in [-0.1, -0.05) is 24.3 Å². The SMILES string of the molecule is O=C(NCc1ccccc1CN1CCCC1)[C@H]1CCCN1S(=O)(=O)c1ccc(F)cc1. The van der Waals surface area contributed by atoms with Gasteiger partial charge in [-0.05, 0) is 74.2 Å². The third kappa shape index (κ3) is 4.97. The van der Waals surface area contributed by atoms with Crippen LogP contribution in [0.3, 0.4) is 0 Å². The molecule has 0 aromatic heterocycles. The van der Waals surface area contributed by atoms with E-state index in [1.165, 1.54) is 34.8 Å². The quantitative estimate of drug-likeness (QED) is 0.712. The average Bonchev–Trinajstić information content (AvgIpc) is 3.46. The Kier molecular flexibility index (Phi) is 6.69. The molecule has 0 unspecified atom stereocenters. The standard InChI is InChI=1S/C23H28FN3O3S/c24-20-9-11-21(12-10-20)31(29,30)27-15-5-8-22(27)23(28)25-16-18-6-1-2-7-19(18)17-26-13-3-4-14-26/h1-2,6-7,9-12,22H,3-5,8,13-17H2,(H,25,28)/t22-/m1/s1. The van der Waals surface area contributed by atoms with Crippen molar-refractivity contribution in [2.45, 2.75) is 49.7 Å². The number of nitrogens with zero attached hydrogens (tertiary/aromatic N) is 2. The molecular weight excluding hydrogens is 417 g/mol. The number of sulfonamides is 1. The molecule has 6 nitrogen and oxygen atoms in total. The Balaban J connectivity index is 1.43. The largest absolute Gasteiger partial charge is 0.351 e. The highest BCUT2D eigenvalue weighted by Gasteiger charge is 2.39. The normalized spacial score (nSPS) is 20.2. The maximum absolute atomic E-state index is 13.2. The molecule has 2 heterocycles. The minimum absolute atomic E-state index is 0.00422. The van der Waals surface area contributed by atoms with Crippen molar-refractivity contribution in [3.63, 3.8) is 0 Å². The molecule has 0 bridgehead atoms. The summed E-state index contributed by atoms with van der Waals surface area (Å²) >= 11 is 0. The first-order valence-corrected chi connectivity index (χ1v) is 12.2. The number of rotatable bonds is 7. The molecule has 0 aliphatic carbocycles. The lowest BCUT2D eigenvalue weighted by molar-refractivity contribution is -0.124. The van der Waals surface area contributed by atoms with E-state index in [1.807, 2.05) is 18.2 Å². The van der Waals surface area contributed by atoms with E-state index >= 15 is 0 Å². The lowest BCUT2D eigenvalue weighted by atomic mass is 10.1. The molecule has 2 saturated heterocycles. The Hall–Kier alpha value is -2.29. The molecule has 166 valence electrons. The van der Waals surface area contributed by atoms with Gasteiger partial charge < -0.3 is 5.32 Å². The molecule has 2 aromatic carbocycles. The van der Waals surface area contributed by atoms with Crippen molar-refractivity contribution in [3.8, 4) is 0 Å². The van der Waals surface area contributed by atoms with Gasteiger partial charge in [0.2, 0.25) is 15.9 Å². The van der Waals surface area contributed by atoms with Gasteiger partial charge in [-0.25, -0.2) is 12.8 Å². The van der Waals surface area contributed by atoms with Crippen LogP contribution in [-0.4, -0.2) is 49.2 Å². The van der Waals surface area contributed by atoms with Crippen molar-refractivity contribution in [1.29, 1.82) is 0 Å². The van der Waals surface area contributed by atoms with Crippen LogP contribution in [0.1, 0.15) is 36.8 Å². The summed E-state index contributed by atoms with van der Waals surface area (Å²) in [6.07, 6.45) is 3.53. The Labute approximate surface area is 183 Å². The van der Waals surface area contributed by atoms with Crippen molar-refractivity contribution in [2.24, 2.45) is 0 Å². The summed E-state index contributed by atoms with van der Waals surface area (Å²) in [6.45, 7) is 3.70. The number of hydrogen-bond acceptors (Lipinski definition) is 4. The Bertz CT molecular complexity index is 1020. The number of amides is 1. The van der Waals surface area contributed by atoms with Crippen molar-refractivity contribution >= 4 is 15.9 Å². The number of likely N-dealkylation sites (tertiary alicyclic amines) is 1. The zero-order valence-corrected chi connectivity index (χ0v) is 18.3. The highest BCUT2D eigenvalue weighted by Crippen LogP contribution is 2.26. The number of carbonyl (C=O) groups excluding carboxylic acids is 1. The van der Waals surface area contributed by atoms with E-state index in [0.29, 0.717) is 19.4 Å². The molecule has 0 saturated carbocycles. The van der Waals surface area contributed by atoms with E-state index in [-0.39, 0.29) is 17.3 Å². The lowest BCUT2D eigenvalue weighted by Gasteiger charge is -2.24. The van der Waals surface area contributed by atoms with Crippen LogP contribution in [0, 0.1) is 5.82 Å². The summed E-state index contributed by atoms with van der Waals surface area (Å²) in [5.74, 6) is -0.790. The first-order chi connectivity index (χ1) is 14.9. The van der Waals surface area contributed by atoms with Gasteiger partial charge in [-0.15, -0.1) is 0 Å². The smallest absolute Gasteiger partial charge is 0.243 e. The third-order valence-corrected chi connectivity index (χ3v) is 8.01. The van der Waals surface area contributed by atoms with Crippen molar-refractivity contribution < 1.29 is 17.6 Å². The number of benzene rings is 2. The van der Waals surface area contributed by atoms with Gasteiger partial charge in [-0.3, -0.25) is 9.69 Å². The van der Waals surface area contributed by atoms with Crippen molar-refractivity contribution in [3.05, 3.63) is 65.5 Å². The van der Waals surface area contributed by atoms with Gasteiger partial charge in [0, 0.05) is 19.6 Å². The van der Waals surface area contributed by atoms with Crippen LogP contribution in [0.4, 0.5) is 4.39 Å². The maximum atomic E-state index is 13.2. The molecule has 2 aromatic rings. The summed E-state index contributed by atoms with van der Waals surface area (Å²) in [4.78, 5) is 15.3. The zero-order valence-electron chi connectivity index (χ0n) is 17.5. The monoisotopic (exact) mass is 445 g/mol. The van der Waals surface area contributed by atoms with Crippen LogP contribution < -0.4 is 5.32 Å². The predicted octanol–water partition coefficient (Wildman–Crippen LogP) is 2.89. The first-order valence-electron chi connectivity index (χ1n) is 10.8. The van der Waals surface area contributed by atoms with Crippen molar-refractivity contribution in [1.82, 2.24) is 14.5 Å². The Morgan fingerprint density at radius 2 is 1.65 bits per heavy atom. The molecule has 0 spiro atoms. The minimum Gasteiger partial charge on any atom is -0.351 e. The van der Waals surface area contributed by atoms with Gasteiger partial charge in [0.1, 0.15) is 11.9 Å². The highest BCUT2D eigenvalue weighted by atomic mass is 32.2. The number of halogens is 1. The molecular formula is C23H28FN3O3S. The van der Waals surface area contributed by atoms with Gasteiger partial charge >= 0.3 is 0 Å². The summed E-state index contributed by atoms with van der Waals surface area (Å²) < 4.78 is 40.4. The number of hydrogen-bond donors (Lipinski definition) is 1. The van der Waals surface area contributed by atoms with E-state index in [1.54, 1.807) is 0 Å². The lowest BCUT2D eigenvalue weighted by Crippen LogP contribution is -2.45. The van der Waals surface area contributed by atoms with Gasteiger partial charge in [0.25, 0.3) is 0 Å². The number of nitrogens with one attached hydrogen (secondary N) is 1. The van der Waals surface area contributed by atoms with Crippen LogP contribution in [-0.2, 0) is 27.9 Å². The summed E-state index contributed by atoms with van der Waals surface area (Å²) in [7, 11) is -3.86. The van der Waals surface area contributed by atoms with Crippen LogP contribution in [0.25, 0.3) is 0 Å². The van der Waals surface area contributed by atoms with E-state index in [0.717, 1.165) is 37.3 Å². The van der Waals surface area contributed by atoms with Crippen LogP contribution >= 0.6 is 0 Å². The summed E-state index contributed by atoms with van der Waals surface area (Å²) in [6, 6.07) is 12.0. The molecule has 2 aliphatic rings. The molecule has 1 N–H and O–H groups in total. The molecule has 4 rings (SSSR count). The molecule has 2 aliphatic heterocycles. The van der Waals surface area contributed by atoms with Crippen LogP contribution in [0.2, 0.25) is 0 Å². The fourth-order valence-corrected chi connectivity index (χ4v) is 6.05. The molecule has 1 atom stereocenters. The molecule has 8 heteroatoms. The molecule has 1 amide bonds. The fourth-order valence-electron chi connectivity index (χ4n) is 4.40.